The molecule has 2 heteroatoms. The minimum atomic E-state index is 0.768. The molecule has 2 atom stereocenters. The zero-order chi connectivity index (χ0) is 7.68. The fourth-order valence-corrected chi connectivity index (χ4v) is 2.29. The highest BCUT2D eigenvalue weighted by atomic mass is 15.2. The lowest BCUT2D eigenvalue weighted by molar-refractivity contribution is 0.171. The first-order valence-electron chi connectivity index (χ1n) is 4.87. The molecule has 2 saturated heterocycles. The van der Waals surface area contributed by atoms with Crippen molar-refractivity contribution in [1.29, 1.82) is 0 Å². The Morgan fingerprint density at radius 3 is 3.27 bits per heavy atom. The molecule has 0 spiro atoms. The van der Waals surface area contributed by atoms with Crippen molar-refractivity contribution in [1.82, 2.24) is 10.2 Å². The van der Waals surface area contributed by atoms with E-state index in [2.05, 4.69) is 17.1 Å². The zero-order valence-corrected chi connectivity index (χ0v) is 7.34. The number of hydrogen-bond acceptors (Lipinski definition) is 2. The number of nitrogens with zero attached hydrogens (tertiary/aromatic N) is 1. The summed E-state index contributed by atoms with van der Waals surface area (Å²) in [6, 6.07) is 1.64. The van der Waals surface area contributed by atoms with Gasteiger partial charge in [-0.25, -0.2) is 0 Å². The molecule has 0 aromatic heterocycles. The standard InChI is InChI=1S/C9H18N2/c1-2-8-7-11-5-3-4-9(11)6-10-8/h8-10H,2-7H2,1H3/t8-,9+/m0/s1. The van der Waals surface area contributed by atoms with Crippen LogP contribution < -0.4 is 5.32 Å². The summed E-state index contributed by atoms with van der Waals surface area (Å²) in [6.45, 7) is 6.15. The molecule has 64 valence electrons. The zero-order valence-electron chi connectivity index (χ0n) is 7.34. The smallest absolute Gasteiger partial charge is 0.0221 e. The molecular weight excluding hydrogens is 136 g/mol. The Morgan fingerprint density at radius 1 is 1.55 bits per heavy atom. The average molecular weight is 154 g/mol. The summed E-state index contributed by atoms with van der Waals surface area (Å²) >= 11 is 0. The van der Waals surface area contributed by atoms with Gasteiger partial charge in [0.1, 0.15) is 0 Å². The van der Waals surface area contributed by atoms with Gasteiger partial charge in [0.2, 0.25) is 0 Å². The van der Waals surface area contributed by atoms with E-state index in [1.165, 1.54) is 38.9 Å². The molecule has 0 saturated carbocycles. The van der Waals surface area contributed by atoms with Gasteiger partial charge in [-0.1, -0.05) is 6.92 Å². The number of rotatable bonds is 1. The van der Waals surface area contributed by atoms with Gasteiger partial charge in [-0.2, -0.15) is 0 Å². The first-order chi connectivity index (χ1) is 5.40. The first kappa shape index (κ1) is 7.56. The Morgan fingerprint density at radius 2 is 2.45 bits per heavy atom. The molecule has 0 unspecified atom stereocenters. The van der Waals surface area contributed by atoms with E-state index in [1.54, 1.807) is 0 Å². The van der Waals surface area contributed by atoms with Crippen molar-refractivity contribution in [3.05, 3.63) is 0 Å². The quantitative estimate of drug-likeness (QED) is 0.602. The number of nitrogens with one attached hydrogen (secondary N) is 1. The van der Waals surface area contributed by atoms with Crippen LogP contribution in [0.4, 0.5) is 0 Å². The molecule has 2 rings (SSSR count). The minimum Gasteiger partial charge on any atom is -0.311 e. The van der Waals surface area contributed by atoms with E-state index in [0.29, 0.717) is 0 Å². The van der Waals surface area contributed by atoms with Crippen molar-refractivity contribution < 1.29 is 0 Å². The molecule has 2 nitrogen and oxygen atoms in total. The fraction of sp³-hybridized carbons (Fsp3) is 1.00. The van der Waals surface area contributed by atoms with Gasteiger partial charge in [-0.15, -0.1) is 0 Å². The van der Waals surface area contributed by atoms with Gasteiger partial charge in [0.15, 0.2) is 0 Å². The maximum Gasteiger partial charge on any atom is 0.0221 e. The van der Waals surface area contributed by atoms with Crippen LogP contribution in [0.2, 0.25) is 0 Å². The van der Waals surface area contributed by atoms with Gasteiger partial charge in [0.05, 0.1) is 0 Å². The number of fused-ring (bicyclic) bond motifs is 1. The van der Waals surface area contributed by atoms with Gasteiger partial charge in [0.25, 0.3) is 0 Å². The third-order valence-electron chi connectivity index (χ3n) is 3.09. The molecule has 11 heavy (non-hydrogen) atoms. The Labute approximate surface area is 69.0 Å². The van der Waals surface area contributed by atoms with Crippen LogP contribution in [0.5, 0.6) is 0 Å². The van der Waals surface area contributed by atoms with E-state index < -0.39 is 0 Å². The largest absolute Gasteiger partial charge is 0.311 e. The SMILES string of the molecule is CC[C@H]1CN2CCC[C@@H]2CN1. The normalized spacial score (nSPS) is 39.0. The van der Waals surface area contributed by atoms with Crippen LogP contribution in [0, 0.1) is 0 Å². The highest BCUT2D eigenvalue weighted by molar-refractivity contribution is 4.89. The third-order valence-corrected chi connectivity index (χ3v) is 3.09. The summed E-state index contributed by atoms with van der Waals surface area (Å²) in [7, 11) is 0. The first-order valence-corrected chi connectivity index (χ1v) is 4.87. The average Bonchev–Trinajstić information content (AvgIpc) is 2.50. The van der Waals surface area contributed by atoms with E-state index in [0.717, 1.165) is 12.1 Å². The summed E-state index contributed by atoms with van der Waals surface area (Å²) in [5.41, 5.74) is 0. The summed E-state index contributed by atoms with van der Waals surface area (Å²) in [5.74, 6) is 0. The van der Waals surface area contributed by atoms with Gasteiger partial charge < -0.3 is 5.32 Å². The van der Waals surface area contributed by atoms with Crippen LogP contribution in [0.15, 0.2) is 0 Å². The van der Waals surface area contributed by atoms with Crippen LogP contribution in [0.3, 0.4) is 0 Å². The summed E-state index contributed by atoms with van der Waals surface area (Å²) in [6.07, 6.45) is 4.12. The van der Waals surface area contributed by atoms with Gasteiger partial charge in [-0.3, -0.25) is 4.90 Å². The molecular formula is C9H18N2. The van der Waals surface area contributed by atoms with Crippen molar-refractivity contribution in [3.63, 3.8) is 0 Å². The topological polar surface area (TPSA) is 15.3 Å². The van der Waals surface area contributed by atoms with Crippen LogP contribution >= 0.6 is 0 Å². The Kier molecular flexibility index (Phi) is 2.14. The lowest BCUT2D eigenvalue weighted by atomic mass is 10.1. The van der Waals surface area contributed by atoms with E-state index >= 15 is 0 Å². The molecule has 0 aromatic carbocycles. The van der Waals surface area contributed by atoms with Crippen molar-refractivity contribution in [3.8, 4) is 0 Å². The summed E-state index contributed by atoms with van der Waals surface area (Å²) in [5, 5.41) is 3.60. The Bertz CT molecular complexity index is 136. The number of piperazine rings is 1. The predicted octanol–water partition coefficient (Wildman–Crippen LogP) is 0.833. The highest BCUT2D eigenvalue weighted by Gasteiger charge is 2.29. The highest BCUT2D eigenvalue weighted by Crippen LogP contribution is 2.20. The van der Waals surface area contributed by atoms with Crippen molar-refractivity contribution in [2.75, 3.05) is 19.6 Å². The molecule has 0 aromatic rings. The van der Waals surface area contributed by atoms with Crippen molar-refractivity contribution in [2.24, 2.45) is 0 Å². The van der Waals surface area contributed by atoms with Gasteiger partial charge in [0, 0.05) is 25.2 Å². The maximum absolute atomic E-state index is 3.60. The second kappa shape index (κ2) is 3.11. The predicted molar refractivity (Wildman–Crippen MR) is 46.7 cm³/mol. The number of hydrogen-bond donors (Lipinski definition) is 1. The van der Waals surface area contributed by atoms with E-state index in [1.807, 2.05) is 0 Å². The van der Waals surface area contributed by atoms with Crippen LogP contribution in [0.1, 0.15) is 26.2 Å². The van der Waals surface area contributed by atoms with E-state index in [-0.39, 0.29) is 0 Å². The molecule has 2 aliphatic rings. The second-order valence-corrected chi connectivity index (χ2v) is 3.80. The molecule has 1 N–H and O–H groups in total. The molecule has 0 bridgehead atoms. The maximum atomic E-state index is 3.60. The molecule has 2 heterocycles. The van der Waals surface area contributed by atoms with Crippen LogP contribution in [0.25, 0.3) is 0 Å². The molecule has 2 fully saturated rings. The summed E-state index contributed by atoms with van der Waals surface area (Å²) in [4.78, 5) is 2.66. The van der Waals surface area contributed by atoms with Crippen molar-refractivity contribution in [2.45, 2.75) is 38.3 Å². The minimum absolute atomic E-state index is 0.768. The van der Waals surface area contributed by atoms with Crippen LogP contribution in [-0.2, 0) is 0 Å². The molecule has 0 aliphatic carbocycles. The second-order valence-electron chi connectivity index (χ2n) is 3.80. The lowest BCUT2D eigenvalue weighted by Crippen LogP contribution is -2.53. The van der Waals surface area contributed by atoms with Gasteiger partial charge in [-0.05, 0) is 25.8 Å². The van der Waals surface area contributed by atoms with E-state index in [9.17, 15) is 0 Å². The molecule has 2 aliphatic heterocycles. The fourth-order valence-electron chi connectivity index (χ4n) is 2.29. The molecule has 0 radical (unpaired) electrons. The van der Waals surface area contributed by atoms with Crippen LogP contribution in [-0.4, -0.2) is 36.6 Å². The summed E-state index contributed by atoms with van der Waals surface area (Å²) < 4.78 is 0. The Balaban J connectivity index is 1.91. The van der Waals surface area contributed by atoms with E-state index in [4.69, 9.17) is 0 Å². The lowest BCUT2D eigenvalue weighted by Gasteiger charge is -2.35. The third kappa shape index (κ3) is 1.42. The Hall–Kier alpha value is -0.0800. The monoisotopic (exact) mass is 154 g/mol. The van der Waals surface area contributed by atoms with Gasteiger partial charge >= 0.3 is 0 Å². The molecule has 0 amide bonds. The van der Waals surface area contributed by atoms with Crippen molar-refractivity contribution >= 4 is 0 Å².